The topological polar surface area (TPSA) is 40.6 Å². The van der Waals surface area contributed by atoms with Crippen LogP contribution in [-0.2, 0) is 16.1 Å². The van der Waals surface area contributed by atoms with Crippen LogP contribution in [0.4, 0.5) is 11.4 Å². The molecule has 4 nitrogen and oxygen atoms in total. The van der Waals surface area contributed by atoms with Gasteiger partial charge >= 0.3 is 0 Å². The fraction of sp³-hybridized carbons (Fsp3) is 0.263. The molecule has 0 N–H and O–H groups in total. The molecule has 0 atom stereocenters. The van der Waals surface area contributed by atoms with Crippen molar-refractivity contribution in [3.63, 3.8) is 0 Å². The van der Waals surface area contributed by atoms with Crippen molar-refractivity contribution in [2.45, 2.75) is 32.9 Å². The molecule has 0 bridgehead atoms. The number of nitrogens with zero attached hydrogens (tertiary/aromatic N) is 2. The second kappa shape index (κ2) is 6.36. The lowest BCUT2D eigenvalue weighted by Crippen LogP contribution is -2.61. The Bertz CT molecular complexity index is 864. The van der Waals surface area contributed by atoms with Gasteiger partial charge in [0, 0.05) is 6.92 Å². The monoisotopic (exact) mass is 376 g/mol. The summed E-state index contributed by atoms with van der Waals surface area (Å²) in [5.74, 6) is -0.313. The molecule has 1 aliphatic rings. The molecule has 6 heteroatoms. The van der Waals surface area contributed by atoms with Gasteiger partial charge in [0.1, 0.15) is 5.54 Å². The zero-order chi connectivity index (χ0) is 18.4. The third kappa shape index (κ3) is 3.00. The first kappa shape index (κ1) is 17.8. The van der Waals surface area contributed by atoms with Gasteiger partial charge in [-0.3, -0.25) is 14.5 Å². The Kier molecular flexibility index (Phi) is 4.52. The van der Waals surface area contributed by atoms with E-state index in [0.29, 0.717) is 22.3 Å². The predicted molar refractivity (Wildman–Crippen MR) is 101 cm³/mol. The van der Waals surface area contributed by atoms with E-state index < -0.39 is 5.54 Å². The van der Waals surface area contributed by atoms with E-state index in [9.17, 15) is 9.59 Å². The molecule has 0 fully saturated rings. The minimum Gasteiger partial charge on any atom is -0.304 e. The highest BCUT2D eigenvalue weighted by Crippen LogP contribution is 2.41. The number of amides is 2. The Morgan fingerprint density at radius 2 is 1.68 bits per heavy atom. The van der Waals surface area contributed by atoms with Crippen LogP contribution in [0.1, 0.15) is 26.3 Å². The number of halogens is 2. The molecule has 0 saturated carbocycles. The SMILES string of the molecule is CC(=O)N1c2ccccc2N(Cc2ccc(Cl)c(Cl)c2)C(=O)C1(C)C. The summed E-state index contributed by atoms with van der Waals surface area (Å²) in [6, 6.07) is 12.7. The number of anilines is 2. The van der Waals surface area contributed by atoms with Crippen LogP contribution < -0.4 is 9.80 Å². The van der Waals surface area contributed by atoms with Crippen molar-refractivity contribution in [2.75, 3.05) is 9.80 Å². The minimum absolute atomic E-state index is 0.146. The average Bonchev–Trinajstić information content (AvgIpc) is 2.54. The van der Waals surface area contributed by atoms with E-state index in [1.807, 2.05) is 30.3 Å². The quantitative estimate of drug-likeness (QED) is 0.763. The van der Waals surface area contributed by atoms with E-state index in [4.69, 9.17) is 23.2 Å². The van der Waals surface area contributed by atoms with Gasteiger partial charge < -0.3 is 4.90 Å². The van der Waals surface area contributed by atoms with Gasteiger partial charge in [-0.2, -0.15) is 0 Å². The van der Waals surface area contributed by atoms with Crippen LogP contribution >= 0.6 is 23.2 Å². The van der Waals surface area contributed by atoms with Gasteiger partial charge in [-0.25, -0.2) is 0 Å². The lowest BCUT2D eigenvalue weighted by molar-refractivity contribution is -0.127. The number of hydrogen-bond donors (Lipinski definition) is 0. The van der Waals surface area contributed by atoms with Crippen LogP contribution in [0, 0.1) is 0 Å². The molecule has 130 valence electrons. The number of fused-ring (bicyclic) bond motifs is 1. The molecular formula is C19H18Cl2N2O2. The predicted octanol–water partition coefficient (Wildman–Crippen LogP) is 4.67. The molecule has 25 heavy (non-hydrogen) atoms. The lowest BCUT2D eigenvalue weighted by Gasteiger charge is -2.46. The molecule has 0 radical (unpaired) electrons. The van der Waals surface area contributed by atoms with Crippen LogP contribution in [0.25, 0.3) is 0 Å². The maximum absolute atomic E-state index is 13.2. The van der Waals surface area contributed by atoms with Gasteiger partial charge in [0.2, 0.25) is 5.91 Å². The summed E-state index contributed by atoms with van der Waals surface area (Å²) >= 11 is 12.1. The Labute approximate surface area is 156 Å². The molecule has 2 amide bonds. The number of rotatable bonds is 2. The van der Waals surface area contributed by atoms with Crippen molar-refractivity contribution in [3.05, 3.63) is 58.1 Å². The molecule has 1 heterocycles. The molecular weight excluding hydrogens is 359 g/mol. The summed E-state index contributed by atoms with van der Waals surface area (Å²) in [6.45, 7) is 5.34. The molecule has 2 aromatic rings. The zero-order valence-corrected chi connectivity index (χ0v) is 15.7. The van der Waals surface area contributed by atoms with Crippen LogP contribution in [0.5, 0.6) is 0 Å². The van der Waals surface area contributed by atoms with Crippen LogP contribution in [0.2, 0.25) is 10.0 Å². The summed E-state index contributed by atoms with van der Waals surface area (Å²) in [5, 5.41) is 0.917. The summed E-state index contributed by atoms with van der Waals surface area (Å²) in [5.41, 5.74) is 1.31. The summed E-state index contributed by atoms with van der Waals surface area (Å²) < 4.78 is 0. The molecule has 0 unspecified atom stereocenters. The Hall–Kier alpha value is -2.04. The van der Waals surface area contributed by atoms with Gasteiger partial charge in [-0.05, 0) is 43.7 Å². The van der Waals surface area contributed by atoms with Crippen LogP contribution in [0.3, 0.4) is 0 Å². The van der Waals surface area contributed by atoms with Crippen molar-refractivity contribution >= 4 is 46.4 Å². The van der Waals surface area contributed by atoms with Crippen molar-refractivity contribution in [1.82, 2.24) is 0 Å². The van der Waals surface area contributed by atoms with Crippen molar-refractivity contribution in [3.8, 4) is 0 Å². The molecule has 0 spiro atoms. The smallest absolute Gasteiger partial charge is 0.253 e. The van der Waals surface area contributed by atoms with Crippen LogP contribution in [-0.4, -0.2) is 17.4 Å². The number of para-hydroxylation sites is 2. The number of benzene rings is 2. The third-order valence-electron chi connectivity index (χ3n) is 4.38. The van der Waals surface area contributed by atoms with E-state index in [1.165, 1.54) is 6.92 Å². The number of carbonyl (C=O) groups is 2. The summed E-state index contributed by atoms with van der Waals surface area (Å²) in [6.07, 6.45) is 0. The Morgan fingerprint density at radius 1 is 1.04 bits per heavy atom. The average molecular weight is 377 g/mol. The second-order valence-electron chi connectivity index (χ2n) is 6.54. The van der Waals surface area contributed by atoms with Gasteiger partial charge in [-0.1, -0.05) is 41.4 Å². The third-order valence-corrected chi connectivity index (χ3v) is 5.12. The highest BCUT2D eigenvalue weighted by Gasteiger charge is 2.46. The molecule has 0 aliphatic carbocycles. The first-order chi connectivity index (χ1) is 11.7. The van der Waals surface area contributed by atoms with E-state index >= 15 is 0 Å². The summed E-state index contributed by atoms with van der Waals surface area (Å²) in [7, 11) is 0. The maximum Gasteiger partial charge on any atom is 0.253 e. The highest BCUT2D eigenvalue weighted by atomic mass is 35.5. The Balaban J connectivity index is 2.09. The number of hydrogen-bond acceptors (Lipinski definition) is 2. The minimum atomic E-state index is -0.976. The standard InChI is InChI=1S/C19H18Cl2N2O2/c1-12(24)23-17-7-5-4-6-16(17)22(18(25)19(23,2)3)11-13-8-9-14(20)15(21)10-13/h4-10H,11H2,1-3H3. The summed E-state index contributed by atoms with van der Waals surface area (Å²) in [4.78, 5) is 28.6. The van der Waals surface area contributed by atoms with E-state index in [1.54, 1.807) is 35.8 Å². The van der Waals surface area contributed by atoms with Gasteiger partial charge in [0.05, 0.1) is 28.0 Å². The lowest BCUT2D eigenvalue weighted by atomic mass is 9.94. The van der Waals surface area contributed by atoms with Crippen molar-refractivity contribution in [2.24, 2.45) is 0 Å². The molecule has 3 rings (SSSR count). The molecule has 0 saturated heterocycles. The van der Waals surface area contributed by atoms with E-state index in [0.717, 1.165) is 11.3 Å². The van der Waals surface area contributed by atoms with Gasteiger partial charge in [-0.15, -0.1) is 0 Å². The molecule has 2 aromatic carbocycles. The second-order valence-corrected chi connectivity index (χ2v) is 7.36. The van der Waals surface area contributed by atoms with E-state index in [2.05, 4.69) is 0 Å². The van der Waals surface area contributed by atoms with Gasteiger partial charge in [0.25, 0.3) is 5.91 Å². The van der Waals surface area contributed by atoms with Crippen molar-refractivity contribution < 1.29 is 9.59 Å². The first-order valence-corrected chi connectivity index (χ1v) is 8.65. The van der Waals surface area contributed by atoms with Crippen LogP contribution in [0.15, 0.2) is 42.5 Å². The molecule has 1 aliphatic heterocycles. The first-order valence-electron chi connectivity index (χ1n) is 7.89. The van der Waals surface area contributed by atoms with Crippen molar-refractivity contribution in [1.29, 1.82) is 0 Å². The largest absolute Gasteiger partial charge is 0.304 e. The highest BCUT2D eigenvalue weighted by molar-refractivity contribution is 6.42. The molecule has 0 aromatic heterocycles. The zero-order valence-electron chi connectivity index (χ0n) is 14.2. The fourth-order valence-electron chi connectivity index (χ4n) is 3.26. The van der Waals surface area contributed by atoms with E-state index in [-0.39, 0.29) is 11.8 Å². The fourth-order valence-corrected chi connectivity index (χ4v) is 3.58. The number of carbonyl (C=O) groups excluding carboxylic acids is 2. The maximum atomic E-state index is 13.2. The Morgan fingerprint density at radius 3 is 2.28 bits per heavy atom. The normalized spacial score (nSPS) is 16.0. The van der Waals surface area contributed by atoms with Gasteiger partial charge in [0.15, 0.2) is 0 Å².